The molecular formula is C16H16O3. The Labute approximate surface area is 112 Å². The van der Waals surface area contributed by atoms with Crippen LogP contribution in [0.3, 0.4) is 0 Å². The fourth-order valence-electron chi connectivity index (χ4n) is 1.84. The zero-order chi connectivity index (χ0) is 13.5. The third kappa shape index (κ3) is 3.50. The van der Waals surface area contributed by atoms with Gasteiger partial charge < -0.3 is 9.47 Å². The van der Waals surface area contributed by atoms with Crippen molar-refractivity contribution in [3.05, 3.63) is 71.8 Å². The molecule has 0 N–H and O–H groups in total. The number of ether oxygens (including phenoxy) is 2. The van der Waals surface area contributed by atoms with Crippen molar-refractivity contribution in [1.82, 2.24) is 0 Å². The summed E-state index contributed by atoms with van der Waals surface area (Å²) in [5, 5.41) is 0. The Morgan fingerprint density at radius 3 is 2.16 bits per heavy atom. The van der Waals surface area contributed by atoms with Crippen LogP contribution in [0.15, 0.2) is 60.7 Å². The van der Waals surface area contributed by atoms with Crippen LogP contribution in [0.25, 0.3) is 0 Å². The van der Waals surface area contributed by atoms with Gasteiger partial charge in [0.2, 0.25) is 0 Å². The summed E-state index contributed by atoms with van der Waals surface area (Å²) in [5.41, 5.74) is 1.46. The fourth-order valence-corrected chi connectivity index (χ4v) is 1.84. The number of hydrogen-bond acceptors (Lipinski definition) is 3. The molecule has 0 aliphatic heterocycles. The maximum Gasteiger partial charge on any atom is 0.196 e. The Morgan fingerprint density at radius 2 is 1.58 bits per heavy atom. The highest BCUT2D eigenvalue weighted by molar-refractivity contribution is 6.00. The lowest BCUT2D eigenvalue weighted by molar-refractivity contribution is -0.0611. The van der Waals surface area contributed by atoms with E-state index in [0.717, 1.165) is 5.56 Å². The van der Waals surface area contributed by atoms with Gasteiger partial charge in [-0.25, -0.2) is 0 Å². The normalized spacial score (nSPS) is 12.1. The molecule has 0 radical (unpaired) electrons. The second-order valence-electron chi connectivity index (χ2n) is 4.09. The maximum absolute atomic E-state index is 12.5. The third-order valence-corrected chi connectivity index (χ3v) is 2.75. The molecule has 2 aromatic carbocycles. The van der Waals surface area contributed by atoms with Gasteiger partial charge in [-0.15, -0.1) is 0 Å². The lowest BCUT2D eigenvalue weighted by Gasteiger charge is -2.16. The number of carbonyl (C=O) groups is 1. The van der Waals surface area contributed by atoms with Gasteiger partial charge >= 0.3 is 0 Å². The Bertz CT molecular complexity index is 508. The SMILES string of the molecule is COCO[C@H](C(=O)c1ccccc1)c1ccccc1. The van der Waals surface area contributed by atoms with Crippen LogP contribution in [-0.2, 0) is 9.47 Å². The predicted molar refractivity (Wildman–Crippen MR) is 72.9 cm³/mol. The van der Waals surface area contributed by atoms with E-state index in [1.165, 1.54) is 7.11 Å². The van der Waals surface area contributed by atoms with Crippen LogP contribution in [0.1, 0.15) is 22.0 Å². The van der Waals surface area contributed by atoms with E-state index >= 15 is 0 Å². The summed E-state index contributed by atoms with van der Waals surface area (Å²) in [6, 6.07) is 18.6. The molecule has 0 spiro atoms. The molecule has 0 fully saturated rings. The number of benzene rings is 2. The molecule has 0 aliphatic rings. The van der Waals surface area contributed by atoms with E-state index in [0.29, 0.717) is 5.56 Å². The molecule has 3 nitrogen and oxygen atoms in total. The van der Waals surface area contributed by atoms with Crippen molar-refractivity contribution < 1.29 is 14.3 Å². The first-order chi connectivity index (χ1) is 9.33. The summed E-state index contributed by atoms with van der Waals surface area (Å²) in [6.45, 7) is 0.0815. The molecule has 19 heavy (non-hydrogen) atoms. The molecule has 98 valence electrons. The van der Waals surface area contributed by atoms with Gasteiger partial charge in [-0.05, 0) is 5.56 Å². The van der Waals surface area contributed by atoms with E-state index in [1.54, 1.807) is 12.1 Å². The summed E-state index contributed by atoms with van der Waals surface area (Å²) in [7, 11) is 1.54. The van der Waals surface area contributed by atoms with Crippen molar-refractivity contribution in [3.63, 3.8) is 0 Å². The summed E-state index contributed by atoms with van der Waals surface area (Å²) in [5.74, 6) is -0.0659. The van der Waals surface area contributed by atoms with Crippen LogP contribution in [0.4, 0.5) is 0 Å². The average molecular weight is 256 g/mol. The Morgan fingerprint density at radius 1 is 1.00 bits per heavy atom. The van der Waals surface area contributed by atoms with E-state index in [-0.39, 0.29) is 12.6 Å². The van der Waals surface area contributed by atoms with Gasteiger partial charge in [0.25, 0.3) is 0 Å². The first-order valence-electron chi connectivity index (χ1n) is 6.07. The van der Waals surface area contributed by atoms with Crippen molar-refractivity contribution in [2.45, 2.75) is 6.10 Å². The molecule has 0 aromatic heterocycles. The average Bonchev–Trinajstić information content (AvgIpc) is 2.49. The second kappa shape index (κ2) is 6.83. The van der Waals surface area contributed by atoms with Crippen LogP contribution in [0.5, 0.6) is 0 Å². The van der Waals surface area contributed by atoms with Crippen molar-refractivity contribution in [1.29, 1.82) is 0 Å². The molecule has 1 atom stereocenters. The van der Waals surface area contributed by atoms with Gasteiger partial charge in [0, 0.05) is 12.7 Å². The lowest BCUT2D eigenvalue weighted by atomic mass is 10.00. The summed E-state index contributed by atoms with van der Waals surface area (Å²) >= 11 is 0. The quantitative estimate of drug-likeness (QED) is 0.588. The zero-order valence-corrected chi connectivity index (χ0v) is 10.8. The zero-order valence-electron chi connectivity index (χ0n) is 10.8. The van der Waals surface area contributed by atoms with Crippen LogP contribution in [0, 0.1) is 0 Å². The molecule has 0 saturated carbocycles. The van der Waals surface area contributed by atoms with Crippen molar-refractivity contribution in [2.75, 3.05) is 13.9 Å². The highest BCUT2D eigenvalue weighted by Crippen LogP contribution is 2.22. The molecule has 0 bridgehead atoms. The fraction of sp³-hybridized carbons (Fsp3) is 0.188. The predicted octanol–water partition coefficient (Wildman–Crippen LogP) is 3.23. The van der Waals surface area contributed by atoms with Crippen molar-refractivity contribution in [3.8, 4) is 0 Å². The number of Topliss-reactive ketones (excluding diaryl/α,β-unsaturated/α-hetero) is 1. The monoisotopic (exact) mass is 256 g/mol. The van der Waals surface area contributed by atoms with Crippen LogP contribution >= 0.6 is 0 Å². The first-order valence-corrected chi connectivity index (χ1v) is 6.07. The molecule has 0 heterocycles. The van der Waals surface area contributed by atoms with Gasteiger partial charge in [0.05, 0.1) is 0 Å². The number of carbonyl (C=O) groups excluding carboxylic acids is 1. The highest BCUT2D eigenvalue weighted by atomic mass is 16.7. The minimum atomic E-state index is -0.636. The smallest absolute Gasteiger partial charge is 0.196 e. The topological polar surface area (TPSA) is 35.5 Å². The minimum Gasteiger partial charge on any atom is -0.359 e. The van der Waals surface area contributed by atoms with E-state index < -0.39 is 6.10 Å². The van der Waals surface area contributed by atoms with Gasteiger partial charge in [0.1, 0.15) is 12.9 Å². The Balaban J connectivity index is 2.25. The Hall–Kier alpha value is -1.97. The van der Waals surface area contributed by atoms with E-state index in [2.05, 4.69) is 0 Å². The lowest BCUT2D eigenvalue weighted by Crippen LogP contribution is -2.17. The van der Waals surface area contributed by atoms with Crippen molar-refractivity contribution >= 4 is 5.78 Å². The van der Waals surface area contributed by atoms with Crippen LogP contribution < -0.4 is 0 Å². The third-order valence-electron chi connectivity index (χ3n) is 2.75. The number of methoxy groups -OCH3 is 1. The van der Waals surface area contributed by atoms with Crippen LogP contribution in [0.2, 0.25) is 0 Å². The maximum atomic E-state index is 12.5. The Kier molecular flexibility index (Phi) is 4.84. The number of hydrogen-bond donors (Lipinski definition) is 0. The number of rotatable bonds is 6. The standard InChI is InChI=1S/C16H16O3/c1-18-12-19-16(14-10-6-3-7-11-14)15(17)13-8-4-2-5-9-13/h2-11,16H,12H2,1H3/t16-/m0/s1. The summed E-state index contributed by atoms with van der Waals surface area (Å²) < 4.78 is 10.4. The molecular weight excluding hydrogens is 240 g/mol. The van der Waals surface area contributed by atoms with Gasteiger partial charge in [-0.1, -0.05) is 60.7 Å². The molecule has 3 heteroatoms. The molecule has 0 amide bonds. The summed E-state index contributed by atoms with van der Waals surface area (Å²) in [6.07, 6.45) is -0.636. The highest BCUT2D eigenvalue weighted by Gasteiger charge is 2.22. The minimum absolute atomic E-state index is 0.0659. The van der Waals surface area contributed by atoms with E-state index in [9.17, 15) is 4.79 Å². The van der Waals surface area contributed by atoms with E-state index in [1.807, 2.05) is 48.5 Å². The molecule has 0 unspecified atom stereocenters. The molecule has 2 aromatic rings. The van der Waals surface area contributed by atoms with Gasteiger partial charge in [-0.3, -0.25) is 4.79 Å². The summed E-state index contributed by atoms with van der Waals surface area (Å²) in [4.78, 5) is 12.5. The molecule has 0 aliphatic carbocycles. The largest absolute Gasteiger partial charge is 0.359 e. The van der Waals surface area contributed by atoms with Gasteiger partial charge in [0.15, 0.2) is 5.78 Å². The van der Waals surface area contributed by atoms with E-state index in [4.69, 9.17) is 9.47 Å². The van der Waals surface area contributed by atoms with Crippen molar-refractivity contribution in [2.24, 2.45) is 0 Å². The molecule has 0 saturated heterocycles. The first kappa shape index (κ1) is 13.5. The van der Waals surface area contributed by atoms with Crippen LogP contribution in [-0.4, -0.2) is 19.7 Å². The van der Waals surface area contributed by atoms with Gasteiger partial charge in [-0.2, -0.15) is 0 Å². The number of ketones is 1. The second-order valence-corrected chi connectivity index (χ2v) is 4.09. The molecule has 2 rings (SSSR count).